The number of hydrogen-bond donors (Lipinski definition) is 1. The van der Waals surface area contributed by atoms with Crippen molar-refractivity contribution < 1.29 is 4.39 Å². The van der Waals surface area contributed by atoms with E-state index in [1.54, 1.807) is 17.4 Å². The molecule has 0 radical (unpaired) electrons. The molecule has 5 heteroatoms. The molecule has 0 saturated carbocycles. The van der Waals surface area contributed by atoms with E-state index in [9.17, 15) is 4.39 Å². The predicted octanol–water partition coefficient (Wildman–Crippen LogP) is 3.34. The predicted molar refractivity (Wildman–Crippen MR) is 82.7 cm³/mol. The lowest BCUT2D eigenvalue weighted by atomic mass is 10.2. The molecule has 0 amide bonds. The fourth-order valence-electron chi connectivity index (χ4n) is 1.93. The van der Waals surface area contributed by atoms with Crippen molar-refractivity contribution in [2.24, 2.45) is 0 Å². The van der Waals surface area contributed by atoms with Crippen molar-refractivity contribution in [2.45, 2.75) is 26.9 Å². The normalized spacial score (nSPS) is 10.8. The molecule has 108 valence electrons. The van der Waals surface area contributed by atoms with Crippen molar-refractivity contribution >= 4 is 16.5 Å². The fourth-order valence-corrected chi connectivity index (χ4v) is 2.92. The van der Waals surface area contributed by atoms with E-state index < -0.39 is 0 Å². The average Bonchev–Trinajstić information content (AvgIpc) is 2.80. The van der Waals surface area contributed by atoms with Crippen LogP contribution in [-0.2, 0) is 13.1 Å². The summed E-state index contributed by atoms with van der Waals surface area (Å²) in [5.74, 6) is -0.166. The maximum absolute atomic E-state index is 13.7. The first kappa shape index (κ1) is 14.9. The Hall–Kier alpha value is -1.46. The van der Waals surface area contributed by atoms with E-state index in [4.69, 9.17) is 0 Å². The van der Waals surface area contributed by atoms with Gasteiger partial charge in [-0.25, -0.2) is 9.37 Å². The summed E-state index contributed by atoms with van der Waals surface area (Å²) in [6, 6.07) is 6.87. The van der Waals surface area contributed by atoms with Crippen LogP contribution in [0.15, 0.2) is 24.3 Å². The van der Waals surface area contributed by atoms with Crippen LogP contribution in [0.3, 0.4) is 0 Å². The Morgan fingerprint density at radius 2 is 2.10 bits per heavy atom. The molecule has 2 aromatic rings. The van der Waals surface area contributed by atoms with Crippen molar-refractivity contribution in [1.29, 1.82) is 0 Å². The average molecular weight is 293 g/mol. The van der Waals surface area contributed by atoms with Crippen LogP contribution in [0.5, 0.6) is 0 Å². The molecule has 1 aromatic carbocycles. The number of hydrogen-bond acceptors (Lipinski definition) is 4. The van der Waals surface area contributed by atoms with Crippen LogP contribution in [0.4, 0.5) is 9.52 Å². The third kappa shape index (κ3) is 3.55. The number of thiazole rings is 1. The van der Waals surface area contributed by atoms with Crippen molar-refractivity contribution in [3.63, 3.8) is 0 Å². The lowest BCUT2D eigenvalue weighted by molar-refractivity contribution is 0.608. The number of anilines is 1. The summed E-state index contributed by atoms with van der Waals surface area (Å²) in [4.78, 5) is 7.80. The number of benzene rings is 1. The summed E-state index contributed by atoms with van der Waals surface area (Å²) in [6.45, 7) is 6.41. The fraction of sp³-hybridized carbons (Fsp3) is 0.400. The Labute approximate surface area is 123 Å². The molecule has 0 bridgehead atoms. The van der Waals surface area contributed by atoms with E-state index in [1.807, 2.05) is 31.0 Å². The summed E-state index contributed by atoms with van der Waals surface area (Å²) in [5.41, 5.74) is 1.74. The van der Waals surface area contributed by atoms with Crippen LogP contribution >= 0.6 is 11.3 Å². The zero-order valence-corrected chi connectivity index (χ0v) is 12.9. The van der Waals surface area contributed by atoms with Crippen LogP contribution in [0.2, 0.25) is 0 Å². The maximum Gasteiger partial charge on any atom is 0.185 e. The van der Waals surface area contributed by atoms with Crippen LogP contribution in [-0.4, -0.2) is 18.6 Å². The van der Waals surface area contributed by atoms with Gasteiger partial charge in [0.25, 0.3) is 0 Å². The highest BCUT2D eigenvalue weighted by atomic mass is 32.1. The zero-order chi connectivity index (χ0) is 14.5. The molecule has 2 rings (SSSR count). The largest absolute Gasteiger partial charge is 0.347 e. The summed E-state index contributed by atoms with van der Waals surface area (Å²) in [7, 11) is 1.95. The molecule has 1 aromatic heterocycles. The van der Waals surface area contributed by atoms with Gasteiger partial charge in [-0.1, -0.05) is 25.1 Å². The van der Waals surface area contributed by atoms with E-state index in [0.29, 0.717) is 12.1 Å². The van der Waals surface area contributed by atoms with Crippen molar-refractivity contribution in [1.82, 2.24) is 10.3 Å². The Morgan fingerprint density at radius 1 is 1.35 bits per heavy atom. The van der Waals surface area contributed by atoms with Gasteiger partial charge in [0.05, 0.1) is 5.69 Å². The van der Waals surface area contributed by atoms with Crippen LogP contribution in [0.1, 0.15) is 23.1 Å². The van der Waals surface area contributed by atoms with Gasteiger partial charge in [-0.2, -0.15) is 0 Å². The van der Waals surface area contributed by atoms with E-state index in [1.165, 1.54) is 10.9 Å². The minimum atomic E-state index is -0.166. The van der Waals surface area contributed by atoms with Gasteiger partial charge in [-0.15, -0.1) is 11.3 Å². The van der Waals surface area contributed by atoms with Gasteiger partial charge in [0, 0.05) is 30.6 Å². The maximum atomic E-state index is 13.7. The Morgan fingerprint density at radius 3 is 2.80 bits per heavy atom. The Balaban J connectivity index is 2.09. The second kappa shape index (κ2) is 6.81. The van der Waals surface area contributed by atoms with Gasteiger partial charge in [0.2, 0.25) is 0 Å². The van der Waals surface area contributed by atoms with Gasteiger partial charge in [0.15, 0.2) is 5.13 Å². The van der Waals surface area contributed by atoms with Gasteiger partial charge in [-0.3, -0.25) is 0 Å². The molecule has 0 saturated heterocycles. The monoisotopic (exact) mass is 293 g/mol. The first-order chi connectivity index (χ1) is 9.61. The summed E-state index contributed by atoms with van der Waals surface area (Å²) >= 11 is 1.66. The summed E-state index contributed by atoms with van der Waals surface area (Å²) < 4.78 is 13.7. The molecule has 0 spiro atoms. The Kier molecular flexibility index (Phi) is 5.09. The number of aromatic nitrogens is 1. The van der Waals surface area contributed by atoms with Gasteiger partial charge in [-0.05, 0) is 19.5 Å². The molecular formula is C15H20FN3S. The highest BCUT2D eigenvalue weighted by Crippen LogP contribution is 2.26. The van der Waals surface area contributed by atoms with Crippen molar-refractivity contribution in [2.75, 3.05) is 18.5 Å². The van der Waals surface area contributed by atoms with Crippen molar-refractivity contribution in [3.8, 4) is 0 Å². The topological polar surface area (TPSA) is 28.2 Å². The molecule has 3 nitrogen and oxygen atoms in total. The standard InChI is InChI=1S/C15H20FN3S/c1-4-17-9-14-11(2)18-15(20-14)19(3)10-12-7-5-6-8-13(12)16/h5-8,17H,4,9-10H2,1-3H3. The molecule has 1 N–H and O–H groups in total. The third-order valence-electron chi connectivity index (χ3n) is 3.11. The van der Waals surface area contributed by atoms with E-state index in [0.717, 1.165) is 23.9 Å². The van der Waals surface area contributed by atoms with Gasteiger partial charge in [0.1, 0.15) is 5.82 Å². The van der Waals surface area contributed by atoms with Crippen LogP contribution in [0, 0.1) is 12.7 Å². The summed E-state index contributed by atoms with van der Waals surface area (Å²) in [5, 5.41) is 4.24. The van der Waals surface area contributed by atoms with E-state index >= 15 is 0 Å². The molecule has 0 aliphatic carbocycles. The van der Waals surface area contributed by atoms with E-state index in [2.05, 4.69) is 17.2 Å². The lowest BCUT2D eigenvalue weighted by Gasteiger charge is -2.16. The second-order valence-electron chi connectivity index (χ2n) is 4.73. The quantitative estimate of drug-likeness (QED) is 0.885. The molecule has 0 atom stereocenters. The summed E-state index contributed by atoms with van der Waals surface area (Å²) in [6.07, 6.45) is 0. The van der Waals surface area contributed by atoms with Gasteiger partial charge >= 0.3 is 0 Å². The zero-order valence-electron chi connectivity index (χ0n) is 12.1. The number of aryl methyl sites for hydroxylation is 1. The highest BCUT2D eigenvalue weighted by molar-refractivity contribution is 7.15. The van der Waals surface area contributed by atoms with E-state index in [-0.39, 0.29) is 5.82 Å². The van der Waals surface area contributed by atoms with Crippen LogP contribution in [0.25, 0.3) is 0 Å². The molecule has 0 fully saturated rings. The minimum Gasteiger partial charge on any atom is -0.347 e. The lowest BCUT2D eigenvalue weighted by Crippen LogP contribution is -2.16. The number of nitrogens with zero attached hydrogens (tertiary/aromatic N) is 2. The minimum absolute atomic E-state index is 0.166. The molecule has 0 aliphatic heterocycles. The Bertz CT molecular complexity index is 568. The number of rotatable bonds is 6. The molecule has 0 aliphatic rings. The molecule has 20 heavy (non-hydrogen) atoms. The smallest absolute Gasteiger partial charge is 0.185 e. The van der Waals surface area contributed by atoms with Crippen molar-refractivity contribution in [3.05, 3.63) is 46.2 Å². The second-order valence-corrected chi connectivity index (χ2v) is 5.79. The van der Waals surface area contributed by atoms with Gasteiger partial charge < -0.3 is 10.2 Å². The molecule has 1 heterocycles. The number of nitrogens with one attached hydrogen (secondary N) is 1. The highest BCUT2D eigenvalue weighted by Gasteiger charge is 2.12. The first-order valence-electron chi connectivity index (χ1n) is 6.73. The molecular weight excluding hydrogens is 273 g/mol. The third-order valence-corrected chi connectivity index (χ3v) is 4.38. The first-order valence-corrected chi connectivity index (χ1v) is 7.55. The number of halogens is 1. The molecule has 0 unspecified atom stereocenters. The van der Waals surface area contributed by atoms with Crippen LogP contribution < -0.4 is 10.2 Å². The SMILES string of the molecule is CCNCc1sc(N(C)Cc2ccccc2F)nc1C.